The molecule has 2 N–H and O–H groups in total. The molecule has 4 rings (SSSR count). The van der Waals surface area contributed by atoms with Crippen LogP contribution in [0.5, 0.6) is 0 Å². The van der Waals surface area contributed by atoms with Crippen molar-refractivity contribution in [3.63, 3.8) is 0 Å². The van der Waals surface area contributed by atoms with E-state index in [1.165, 1.54) is 17.6 Å². The number of carbonyl (C=O) groups is 2. The normalized spacial score (nSPS) is 13.2. The molecule has 0 atom stereocenters. The summed E-state index contributed by atoms with van der Waals surface area (Å²) in [5.41, 5.74) is 1.69. The number of thiazole rings is 1. The number of nitrogens with one attached hydrogen (secondary N) is 2. The Hall–Kier alpha value is -3.13. The van der Waals surface area contributed by atoms with Crippen molar-refractivity contribution < 1.29 is 14.0 Å². The molecular weight excluding hydrogens is 352 g/mol. The van der Waals surface area contributed by atoms with E-state index < -0.39 is 0 Å². The number of furan rings is 1. The molecule has 0 unspecified atom stereocenters. The summed E-state index contributed by atoms with van der Waals surface area (Å²) in [5.74, 6) is -0.0955. The molecule has 2 aromatic heterocycles. The van der Waals surface area contributed by atoms with Crippen LogP contribution in [0, 0.1) is 0 Å². The molecule has 7 nitrogen and oxygen atoms in total. The zero-order valence-electron chi connectivity index (χ0n) is 13.8. The molecule has 1 aromatic carbocycles. The van der Waals surface area contributed by atoms with Crippen LogP contribution in [0.4, 0.5) is 15.6 Å². The lowest BCUT2D eigenvalue weighted by Gasteiger charge is -2.26. The smallest absolute Gasteiger partial charge is 0.322 e. The molecule has 0 bridgehead atoms. The Morgan fingerprint density at radius 2 is 1.96 bits per heavy atom. The quantitative estimate of drug-likeness (QED) is 0.740. The van der Waals surface area contributed by atoms with Gasteiger partial charge in [-0.05, 0) is 24.3 Å². The van der Waals surface area contributed by atoms with E-state index in [0.29, 0.717) is 24.6 Å². The number of urea groups is 1. The average molecular weight is 368 g/mol. The molecule has 3 aromatic rings. The molecule has 3 heterocycles. The van der Waals surface area contributed by atoms with E-state index in [1.807, 2.05) is 30.3 Å². The number of aromatic nitrogens is 1. The number of fused-ring (bicyclic) bond motifs is 1. The lowest BCUT2D eigenvalue weighted by atomic mass is 10.2. The summed E-state index contributed by atoms with van der Waals surface area (Å²) in [4.78, 5) is 31.7. The summed E-state index contributed by atoms with van der Waals surface area (Å²) in [6, 6.07) is 12.5. The van der Waals surface area contributed by atoms with Crippen molar-refractivity contribution in [2.24, 2.45) is 0 Å². The summed E-state index contributed by atoms with van der Waals surface area (Å²) >= 11 is 1.38. The molecule has 0 radical (unpaired) electrons. The first-order chi connectivity index (χ1) is 12.7. The second-order valence-electron chi connectivity index (χ2n) is 5.79. The van der Waals surface area contributed by atoms with Crippen molar-refractivity contribution in [1.29, 1.82) is 0 Å². The van der Waals surface area contributed by atoms with Crippen molar-refractivity contribution in [1.82, 2.24) is 9.88 Å². The molecule has 0 spiro atoms. The Bertz CT molecular complexity index is 921. The number of para-hydroxylation sites is 1. The highest BCUT2D eigenvalue weighted by molar-refractivity contribution is 7.15. The van der Waals surface area contributed by atoms with E-state index >= 15 is 0 Å². The van der Waals surface area contributed by atoms with Crippen LogP contribution < -0.4 is 10.6 Å². The van der Waals surface area contributed by atoms with Gasteiger partial charge in [0.15, 0.2) is 10.9 Å². The second kappa shape index (κ2) is 7.01. The first-order valence-electron chi connectivity index (χ1n) is 8.13. The lowest BCUT2D eigenvalue weighted by molar-refractivity contribution is 0.0996. The van der Waals surface area contributed by atoms with Crippen molar-refractivity contribution in [2.45, 2.75) is 13.0 Å². The van der Waals surface area contributed by atoms with Gasteiger partial charge >= 0.3 is 6.03 Å². The van der Waals surface area contributed by atoms with Gasteiger partial charge in [-0.25, -0.2) is 9.78 Å². The van der Waals surface area contributed by atoms with Gasteiger partial charge in [-0.3, -0.25) is 10.1 Å². The summed E-state index contributed by atoms with van der Waals surface area (Å²) in [6.45, 7) is 1.06. The lowest BCUT2D eigenvalue weighted by Crippen LogP contribution is -2.38. The minimum atomic E-state index is -0.334. The Labute approximate surface area is 153 Å². The van der Waals surface area contributed by atoms with Crippen LogP contribution in [0.3, 0.4) is 0 Å². The Balaban J connectivity index is 1.41. The van der Waals surface area contributed by atoms with E-state index in [-0.39, 0.29) is 17.7 Å². The number of anilines is 2. The van der Waals surface area contributed by atoms with Crippen LogP contribution in [-0.4, -0.2) is 28.4 Å². The largest absolute Gasteiger partial charge is 0.459 e. The molecule has 1 aliphatic rings. The number of carbonyl (C=O) groups excluding carboxylic acids is 2. The predicted molar refractivity (Wildman–Crippen MR) is 98.3 cm³/mol. The van der Waals surface area contributed by atoms with Gasteiger partial charge in [-0.15, -0.1) is 0 Å². The molecule has 1 aliphatic heterocycles. The molecule has 26 heavy (non-hydrogen) atoms. The van der Waals surface area contributed by atoms with Gasteiger partial charge in [0.05, 0.1) is 18.5 Å². The topological polar surface area (TPSA) is 87.5 Å². The molecule has 0 aliphatic carbocycles. The fourth-order valence-electron chi connectivity index (χ4n) is 2.71. The summed E-state index contributed by atoms with van der Waals surface area (Å²) in [7, 11) is 0. The van der Waals surface area contributed by atoms with E-state index in [4.69, 9.17) is 4.42 Å². The molecule has 3 amide bonds. The van der Waals surface area contributed by atoms with Gasteiger partial charge < -0.3 is 14.6 Å². The highest BCUT2D eigenvalue weighted by Gasteiger charge is 2.25. The third kappa shape index (κ3) is 3.45. The summed E-state index contributed by atoms with van der Waals surface area (Å²) in [6.07, 6.45) is 2.11. The molecule has 0 saturated heterocycles. The van der Waals surface area contributed by atoms with Crippen molar-refractivity contribution in [3.8, 4) is 0 Å². The molecule has 8 heteroatoms. The molecule has 0 saturated carbocycles. The molecule has 0 fully saturated rings. The van der Waals surface area contributed by atoms with Crippen LogP contribution in [0.25, 0.3) is 0 Å². The molecular formula is C18H16N4O3S. The van der Waals surface area contributed by atoms with Gasteiger partial charge in [-0.2, -0.15) is 0 Å². The first-order valence-corrected chi connectivity index (χ1v) is 8.95. The maximum atomic E-state index is 12.4. The fraction of sp³-hybridized carbons (Fsp3) is 0.167. The second-order valence-corrected chi connectivity index (χ2v) is 6.87. The highest BCUT2D eigenvalue weighted by Crippen LogP contribution is 2.29. The number of benzene rings is 1. The van der Waals surface area contributed by atoms with Crippen LogP contribution in [0.1, 0.15) is 21.1 Å². The Morgan fingerprint density at radius 1 is 1.12 bits per heavy atom. The van der Waals surface area contributed by atoms with Gasteiger partial charge in [-0.1, -0.05) is 29.5 Å². The van der Waals surface area contributed by atoms with Crippen molar-refractivity contribution in [3.05, 3.63) is 65.1 Å². The van der Waals surface area contributed by atoms with Gasteiger partial charge in [0.25, 0.3) is 5.91 Å². The van der Waals surface area contributed by atoms with Crippen LogP contribution in [0.2, 0.25) is 0 Å². The number of amides is 3. The Kier molecular flexibility index (Phi) is 4.40. The monoisotopic (exact) mass is 368 g/mol. The number of hydrogen-bond acceptors (Lipinski definition) is 5. The first kappa shape index (κ1) is 16.3. The standard InChI is InChI=1S/C18H16N4O3S/c23-16(14-7-4-10-25-14)21-17-20-13-8-9-22(11-15(13)26-17)18(24)19-12-5-2-1-3-6-12/h1-7,10H,8-9,11H2,(H,19,24)(H,20,21,23). The summed E-state index contributed by atoms with van der Waals surface area (Å²) in [5, 5.41) is 6.15. The predicted octanol–water partition coefficient (Wildman–Crippen LogP) is 3.58. The third-order valence-corrected chi connectivity index (χ3v) is 5.01. The van der Waals surface area contributed by atoms with E-state index in [1.54, 1.807) is 17.0 Å². The Morgan fingerprint density at radius 3 is 2.73 bits per heavy atom. The zero-order valence-corrected chi connectivity index (χ0v) is 14.6. The van der Waals surface area contributed by atoms with E-state index in [2.05, 4.69) is 15.6 Å². The van der Waals surface area contributed by atoms with Crippen molar-refractivity contribution in [2.75, 3.05) is 17.2 Å². The third-order valence-electron chi connectivity index (χ3n) is 4.01. The highest BCUT2D eigenvalue weighted by atomic mass is 32.1. The maximum absolute atomic E-state index is 12.4. The van der Waals surface area contributed by atoms with Crippen molar-refractivity contribution >= 4 is 34.1 Å². The fourth-order valence-corrected chi connectivity index (χ4v) is 3.73. The zero-order chi connectivity index (χ0) is 17.9. The van der Waals surface area contributed by atoms with Gasteiger partial charge in [0, 0.05) is 23.5 Å². The van der Waals surface area contributed by atoms with Crippen LogP contribution in [-0.2, 0) is 13.0 Å². The van der Waals surface area contributed by atoms with Crippen LogP contribution in [0.15, 0.2) is 53.1 Å². The van der Waals surface area contributed by atoms with Crippen LogP contribution >= 0.6 is 11.3 Å². The average Bonchev–Trinajstić information content (AvgIpc) is 3.31. The SMILES string of the molecule is O=C(Nc1nc2c(s1)CN(C(=O)Nc1ccccc1)CC2)c1ccco1. The number of rotatable bonds is 3. The number of hydrogen-bond donors (Lipinski definition) is 2. The maximum Gasteiger partial charge on any atom is 0.322 e. The molecule has 132 valence electrons. The van der Waals surface area contributed by atoms with E-state index in [9.17, 15) is 9.59 Å². The number of nitrogens with zero attached hydrogens (tertiary/aromatic N) is 2. The van der Waals surface area contributed by atoms with Gasteiger partial charge in [0.2, 0.25) is 0 Å². The van der Waals surface area contributed by atoms with Gasteiger partial charge in [0.1, 0.15) is 0 Å². The minimum absolute atomic E-state index is 0.142. The summed E-state index contributed by atoms with van der Waals surface area (Å²) < 4.78 is 5.08. The van der Waals surface area contributed by atoms with E-state index in [0.717, 1.165) is 16.3 Å². The minimum Gasteiger partial charge on any atom is -0.459 e.